The van der Waals surface area contributed by atoms with Gasteiger partial charge in [0.15, 0.2) is 16.4 Å². The summed E-state index contributed by atoms with van der Waals surface area (Å²) < 4.78 is 35.3. The molecular weight excluding hydrogens is 362 g/mol. The summed E-state index contributed by atoms with van der Waals surface area (Å²) in [7, 11) is -3.57. The summed E-state index contributed by atoms with van der Waals surface area (Å²) in [6.45, 7) is 1.84. The number of benzene rings is 1. The van der Waals surface area contributed by atoms with Crippen molar-refractivity contribution in [2.45, 2.75) is 36.8 Å². The maximum Gasteiger partial charge on any atom is 0.341 e. The van der Waals surface area contributed by atoms with Gasteiger partial charge in [0.25, 0.3) is 0 Å². The second-order valence-electron chi connectivity index (χ2n) is 6.09. The van der Waals surface area contributed by atoms with Crippen molar-refractivity contribution >= 4 is 21.7 Å². The first-order chi connectivity index (χ1) is 12.3. The summed E-state index contributed by atoms with van der Waals surface area (Å²) in [6.07, 6.45) is 0.811. The van der Waals surface area contributed by atoms with Crippen molar-refractivity contribution in [1.29, 1.82) is 0 Å². The number of carbonyl (C=O) groups excluding carboxylic acids is 1. The molecule has 2 rings (SSSR count). The zero-order chi connectivity index (χ0) is 19.2. The minimum atomic E-state index is -3.57. The van der Waals surface area contributed by atoms with Crippen LogP contribution < -0.4 is 10.1 Å². The van der Waals surface area contributed by atoms with Gasteiger partial charge in [0.2, 0.25) is 5.91 Å². The number of amides is 1. The van der Waals surface area contributed by atoms with Crippen LogP contribution in [0.2, 0.25) is 0 Å². The number of carboxylic acids is 1. The van der Waals surface area contributed by atoms with Gasteiger partial charge in [-0.05, 0) is 37.5 Å². The third-order valence-corrected chi connectivity index (χ3v) is 6.82. The highest BCUT2D eigenvalue weighted by Gasteiger charge is 2.36. The van der Waals surface area contributed by atoms with Gasteiger partial charge < -0.3 is 19.9 Å². The summed E-state index contributed by atoms with van der Waals surface area (Å²) in [4.78, 5) is 22.8. The van der Waals surface area contributed by atoms with Crippen LogP contribution in [0.5, 0.6) is 5.75 Å². The molecule has 0 bridgehead atoms. The quantitative estimate of drug-likeness (QED) is 0.678. The zero-order valence-corrected chi connectivity index (χ0v) is 15.3. The van der Waals surface area contributed by atoms with Gasteiger partial charge in [0.05, 0.1) is 5.25 Å². The van der Waals surface area contributed by atoms with Crippen molar-refractivity contribution in [3.05, 3.63) is 29.8 Å². The fourth-order valence-corrected chi connectivity index (χ4v) is 4.47. The minimum absolute atomic E-state index is 0.122. The van der Waals surface area contributed by atoms with Crippen molar-refractivity contribution in [3.8, 4) is 5.75 Å². The number of carbonyl (C=O) groups is 2. The van der Waals surface area contributed by atoms with E-state index in [1.54, 1.807) is 24.3 Å². The number of sulfone groups is 1. The molecule has 2 N–H and O–H groups in total. The molecular formula is C17H23NO7S. The van der Waals surface area contributed by atoms with Crippen molar-refractivity contribution in [2.24, 2.45) is 0 Å². The van der Waals surface area contributed by atoms with Gasteiger partial charge in [-0.2, -0.15) is 0 Å². The smallest absolute Gasteiger partial charge is 0.341 e. The summed E-state index contributed by atoms with van der Waals surface area (Å²) >= 11 is 0. The standard InChI is InChI=1S/C17H23NO7S/c1-12(26(22,23)15-5-7-24-8-6-15)17(21)18-10-13-3-2-4-14(9-13)25-11-16(19)20/h2-4,9,12,15H,5-8,10-11H2,1H3,(H,18,21)(H,19,20). The molecule has 1 fully saturated rings. The number of rotatable bonds is 8. The van der Waals surface area contributed by atoms with Crippen LogP contribution in [0, 0.1) is 0 Å². The van der Waals surface area contributed by atoms with E-state index in [2.05, 4.69) is 5.32 Å². The zero-order valence-electron chi connectivity index (χ0n) is 14.5. The molecule has 1 aliphatic heterocycles. The van der Waals surface area contributed by atoms with Crippen LogP contribution in [0.3, 0.4) is 0 Å². The van der Waals surface area contributed by atoms with Gasteiger partial charge >= 0.3 is 5.97 Å². The van der Waals surface area contributed by atoms with E-state index in [4.69, 9.17) is 14.6 Å². The number of nitrogens with one attached hydrogen (secondary N) is 1. The molecule has 0 aromatic heterocycles. The molecule has 1 aromatic rings. The lowest BCUT2D eigenvalue weighted by atomic mass is 10.2. The normalized spacial score (nSPS) is 16.7. The van der Waals surface area contributed by atoms with Gasteiger partial charge in [0, 0.05) is 19.8 Å². The van der Waals surface area contributed by atoms with Crippen LogP contribution in [-0.2, 0) is 30.7 Å². The van der Waals surface area contributed by atoms with Crippen molar-refractivity contribution < 1.29 is 32.6 Å². The number of hydrogen-bond acceptors (Lipinski definition) is 6. The van der Waals surface area contributed by atoms with E-state index in [0.717, 1.165) is 0 Å². The first kappa shape index (κ1) is 20.2. The maximum absolute atomic E-state index is 12.5. The Labute approximate surface area is 152 Å². The molecule has 8 nitrogen and oxygen atoms in total. The van der Waals surface area contributed by atoms with E-state index < -0.39 is 38.8 Å². The van der Waals surface area contributed by atoms with Gasteiger partial charge in [0.1, 0.15) is 11.0 Å². The average Bonchev–Trinajstić information content (AvgIpc) is 2.64. The predicted octanol–water partition coefficient (Wildman–Crippen LogP) is 0.749. The second kappa shape index (κ2) is 9.00. The Morgan fingerprint density at radius 1 is 1.35 bits per heavy atom. The van der Waals surface area contributed by atoms with E-state index in [0.29, 0.717) is 37.4 Å². The molecule has 9 heteroatoms. The van der Waals surface area contributed by atoms with Crippen LogP contribution in [0.4, 0.5) is 0 Å². The van der Waals surface area contributed by atoms with Crippen LogP contribution in [0.25, 0.3) is 0 Å². The Hall–Kier alpha value is -2.13. The topological polar surface area (TPSA) is 119 Å². The second-order valence-corrected chi connectivity index (χ2v) is 8.64. The summed E-state index contributed by atoms with van der Waals surface area (Å²) in [6, 6.07) is 6.60. The number of hydrogen-bond donors (Lipinski definition) is 2. The lowest BCUT2D eigenvalue weighted by Crippen LogP contribution is -2.43. The third-order valence-electron chi connectivity index (χ3n) is 4.22. The summed E-state index contributed by atoms with van der Waals surface area (Å²) in [5, 5.41) is 9.54. The van der Waals surface area contributed by atoms with E-state index in [-0.39, 0.29) is 6.54 Å². The Morgan fingerprint density at radius 2 is 2.04 bits per heavy atom. The fraction of sp³-hybridized carbons (Fsp3) is 0.529. The molecule has 26 heavy (non-hydrogen) atoms. The van der Waals surface area contributed by atoms with E-state index in [1.165, 1.54) is 6.92 Å². The van der Waals surface area contributed by atoms with Crippen LogP contribution in [-0.4, -0.2) is 55.7 Å². The third kappa shape index (κ3) is 5.43. The van der Waals surface area contributed by atoms with Gasteiger partial charge in [-0.1, -0.05) is 12.1 Å². The highest BCUT2D eigenvalue weighted by Crippen LogP contribution is 2.20. The average molecular weight is 385 g/mol. The van der Waals surface area contributed by atoms with Crippen LogP contribution in [0.15, 0.2) is 24.3 Å². The SMILES string of the molecule is CC(C(=O)NCc1cccc(OCC(=O)O)c1)S(=O)(=O)C1CCOCC1. The van der Waals surface area contributed by atoms with E-state index >= 15 is 0 Å². The molecule has 0 radical (unpaired) electrons. The van der Waals surface area contributed by atoms with Crippen molar-refractivity contribution in [2.75, 3.05) is 19.8 Å². The first-order valence-corrected chi connectivity index (χ1v) is 9.93. The van der Waals surface area contributed by atoms with Crippen LogP contribution in [0.1, 0.15) is 25.3 Å². The molecule has 1 aliphatic rings. The van der Waals surface area contributed by atoms with Crippen molar-refractivity contribution in [3.63, 3.8) is 0 Å². The van der Waals surface area contributed by atoms with Gasteiger partial charge in [-0.25, -0.2) is 13.2 Å². The van der Waals surface area contributed by atoms with Crippen LogP contribution >= 0.6 is 0 Å². The largest absolute Gasteiger partial charge is 0.482 e. The fourth-order valence-electron chi connectivity index (χ4n) is 2.67. The molecule has 1 unspecified atom stereocenters. The molecule has 1 aromatic carbocycles. The first-order valence-electron chi connectivity index (χ1n) is 8.32. The Balaban J connectivity index is 1.93. The van der Waals surface area contributed by atoms with E-state index in [9.17, 15) is 18.0 Å². The molecule has 144 valence electrons. The predicted molar refractivity (Wildman–Crippen MR) is 93.6 cm³/mol. The molecule has 1 amide bonds. The molecule has 1 saturated heterocycles. The molecule has 1 heterocycles. The van der Waals surface area contributed by atoms with Gasteiger partial charge in [-0.15, -0.1) is 0 Å². The molecule has 0 aliphatic carbocycles. The maximum atomic E-state index is 12.5. The number of ether oxygens (including phenoxy) is 2. The lowest BCUT2D eigenvalue weighted by Gasteiger charge is -2.25. The highest BCUT2D eigenvalue weighted by atomic mass is 32.2. The van der Waals surface area contributed by atoms with E-state index in [1.807, 2.05) is 0 Å². The Kier molecular flexibility index (Phi) is 6.98. The Bertz CT molecular complexity index is 741. The molecule has 0 spiro atoms. The monoisotopic (exact) mass is 385 g/mol. The lowest BCUT2D eigenvalue weighted by molar-refractivity contribution is -0.139. The van der Waals surface area contributed by atoms with Gasteiger partial charge in [-0.3, -0.25) is 4.79 Å². The van der Waals surface area contributed by atoms with Crippen molar-refractivity contribution in [1.82, 2.24) is 5.32 Å². The minimum Gasteiger partial charge on any atom is -0.482 e. The highest BCUT2D eigenvalue weighted by molar-refractivity contribution is 7.93. The number of carboxylic acid groups (broad SMARTS) is 1. The Morgan fingerprint density at radius 3 is 2.69 bits per heavy atom. The number of aliphatic carboxylic acids is 1. The molecule has 1 atom stereocenters. The summed E-state index contributed by atoms with van der Waals surface area (Å²) in [5.41, 5.74) is 0.678. The molecule has 0 saturated carbocycles. The summed E-state index contributed by atoms with van der Waals surface area (Å²) in [5.74, 6) is -1.29.